The Morgan fingerprint density at radius 3 is 2.89 bits per heavy atom. The molecule has 0 N–H and O–H groups in total. The molecular formula is C21H22N2O3S. The molecule has 0 bridgehead atoms. The fraction of sp³-hybridized carbons (Fsp3) is 0.476. The molecule has 5 nitrogen and oxygen atoms in total. The molecule has 2 aromatic rings. The minimum atomic E-state index is -0.385. The van der Waals surface area contributed by atoms with Crippen LogP contribution in [0.2, 0.25) is 0 Å². The van der Waals surface area contributed by atoms with E-state index < -0.39 is 0 Å². The van der Waals surface area contributed by atoms with Gasteiger partial charge in [-0.1, -0.05) is 48.9 Å². The molecule has 1 aliphatic heterocycles. The number of hydrogen-bond acceptors (Lipinski definition) is 5. The molecule has 1 atom stereocenters. The first-order chi connectivity index (χ1) is 13.1. The van der Waals surface area contributed by atoms with Gasteiger partial charge in [-0.25, -0.2) is 4.98 Å². The maximum absolute atomic E-state index is 13.6. The van der Waals surface area contributed by atoms with Gasteiger partial charge in [0, 0.05) is 11.0 Å². The number of fused-ring (bicyclic) bond motifs is 5. The number of ether oxygens (including phenoxy) is 1. The highest BCUT2D eigenvalue weighted by Crippen LogP contribution is 2.50. The van der Waals surface area contributed by atoms with Crippen molar-refractivity contribution in [2.75, 3.05) is 6.61 Å². The van der Waals surface area contributed by atoms with E-state index in [0.29, 0.717) is 18.3 Å². The van der Waals surface area contributed by atoms with E-state index in [2.05, 4.69) is 18.2 Å². The van der Waals surface area contributed by atoms with Gasteiger partial charge in [0.1, 0.15) is 5.25 Å². The molecule has 1 aromatic carbocycles. The maximum atomic E-state index is 13.6. The number of thioether (sulfide) groups is 1. The molecule has 1 saturated carbocycles. The van der Waals surface area contributed by atoms with Crippen molar-refractivity contribution in [3.63, 3.8) is 0 Å². The topological polar surface area (TPSA) is 61.2 Å². The lowest BCUT2D eigenvalue weighted by Gasteiger charge is -2.36. The fourth-order valence-corrected chi connectivity index (χ4v) is 6.06. The quantitative estimate of drug-likeness (QED) is 0.589. The second-order valence-corrected chi connectivity index (χ2v) is 8.88. The minimum absolute atomic E-state index is 0.0469. The average molecular weight is 382 g/mol. The van der Waals surface area contributed by atoms with Crippen molar-refractivity contribution in [2.45, 2.75) is 61.4 Å². The summed E-state index contributed by atoms with van der Waals surface area (Å²) in [7, 11) is 0. The summed E-state index contributed by atoms with van der Waals surface area (Å²) in [5.41, 5.74) is 4.03. The van der Waals surface area contributed by atoms with E-state index in [-0.39, 0.29) is 22.2 Å². The second-order valence-electron chi connectivity index (χ2n) is 7.71. The van der Waals surface area contributed by atoms with Gasteiger partial charge in [0.25, 0.3) is 5.56 Å². The van der Waals surface area contributed by atoms with Gasteiger partial charge >= 0.3 is 5.97 Å². The summed E-state index contributed by atoms with van der Waals surface area (Å²) >= 11 is 1.35. The predicted octanol–water partition coefficient (Wildman–Crippen LogP) is 3.32. The first-order valence-corrected chi connectivity index (χ1v) is 10.6. The summed E-state index contributed by atoms with van der Waals surface area (Å²) in [6.07, 6.45) is 5.31. The molecular weight excluding hydrogens is 360 g/mol. The molecule has 27 heavy (non-hydrogen) atoms. The summed E-state index contributed by atoms with van der Waals surface area (Å²) in [6, 6.07) is 8.32. The van der Waals surface area contributed by atoms with Crippen molar-refractivity contribution in [2.24, 2.45) is 0 Å². The zero-order valence-corrected chi connectivity index (χ0v) is 16.2. The highest BCUT2D eigenvalue weighted by atomic mass is 32.2. The monoisotopic (exact) mass is 382 g/mol. The molecule has 5 rings (SSSR count). The summed E-state index contributed by atoms with van der Waals surface area (Å²) in [5.74, 6) is -0.263. The van der Waals surface area contributed by atoms with Crippen LogP contribution in [0.5, 0.6) is 0 Å². The Morgan fingerprint density at radius 1 is 1.33 bits per heavy atom. The van der Waals surface area contributed by atoms with Gasteiger partial charge < -0.3 is 4.74 Å². The van der Waals surface area contributed by atoms with E-state index in [1.165, 1.54) is 17.3 Å². The third-order valence-corrected chi connectivity index (χ3v) is 7.32. The van der Waals surface area contributed by atoms with E-state index in [4.69, 9.17) is 9.72 Å². The van der Waals surface area contributed by atoms with Gasteiger partial charge in [-0.2, -0.15) is 0 Å². The van der Waals surface area contributed by atoms with Crippen LogP contribution < -0.4 is 5.56 Å². The lowest BCUT2D eigenvalue weighted by Crippen LogP contribution is -2.40. The van der Waals surface area contributed by atoms with Crippen LogP contribution in [-0.4, -0.2) is 27.4 Å². The van der Waals surface area contributed by atoms with E-state index in [9.17, 15) is 9.59 Å². The van der Waals surface area contributed by atoms with Crippen molar-refractivity contribution >= 4 is 17.7 Å². The van der Waals surface area contributed by atoms with Crippen LogP contribution in [0, 0.1) is 0 Å². The predicted molar refractivity (Wildman–Crippen MR) is 104 cm³/mol. The summed E-state index contributed by atoms with van der Waals surface area (Å²) < 4.78 is 6.88. The third kappa shape index (κ3) is 2.49. The molecule has 0 unspecified atom stereocenters. The molecule has 1 fully saturated rings. The molecule has 0 radical (unpaired) electrons. The largest absolute Gasteiger partial charge is 0.465 e. The Labute approximate surface area is 162 Å². The Morgan fingerprint density at radius 2 is 2.11 bits per heavy atom. The van der Waals surface area contributed by atoms with Gasteiger partial charge in [0.2, 0.25) is 0 Å². The van der Waals surface area contributed by atoms with Gasteiger partial charge in [0.15, 0.2) is 5.16 Å². The maximum Gasteiger partial charge on any atom is 0.321 e. The Balaban J connectivity index is 1.69. The Hall–Kier alpha value is -2.08. The molecule has 3 aliphatic rings. The zero-order valence-electron chi connectivity index (χ0n) is 15.4. The molecule has 2 aliphatic carbocycles. The molecule has 0 amide bonds. The van der Waals surface area contributed by atoms with Crippen LogP contribution >= 0.6 is 11.8 Å². The SMILES string of the molecule is CCOC(=O)[C@@H]1Cn2c(nc3c(c2=O)C2(CCCC2)Cc2ccccc2-3)S1. The number of carbonyl (C=O) groups is 1. The lowest BCUT2D eigenvalue weighted by atomic mass is 9.68. The highest BCUT2D eigenvalue weighted by Gasteiger charge is 2.45. The third-order valence-electron chi connectivity index (χ3n) is 6.17. The van der Waals surface area contributed by atoms with Crippen molar-refractivity contribution in [3.05, 3.63) is 45.7 Å². The molecule has 1 aromatic heterocycles. The summed E-state index contributed by atoms with van der Waals surface area (Å²) in [4.78, 5) is 30.7. The van der Waals surface area contributed by atoms with Crippen molar-refractivity contribution in [3.8, 4) is 11.3 Å². The summed E-state index contributed by atoms with van der Waals surface area (Å²) in [5, 5.41) is 0.255. The second kappa shape index (κ2) is 6.23. The van der Waals surface area contributed by atoms with Gasteiger partial charge in [-0.3, -0.25) is 14.2 Å². The van der Waals surface area contributed by atoms with Crippen LogP contribution in [-0.2, 0) is 27.9 Å². The number of aromatic nitrogens is 2. The van der Waals surface area contributed by atoms with E-state index in [1.807, 2.05) is 6.07 Å². The van der Waals surface area contributed by atoms with Crippen LogP contribution in [0.3, 0.4) is 0 Å². The number of hydrogen-bond donors (Lipinski definition) is 0. The molecule has 6 heteroatoms. The number of rotatable bonds is 2. The van der Waals surface area contributed by atoms with Crippen LogP contribution in [0.25, 0.3) is 11.3 Å². The fourth-order valence-electron chi connectivity index (χ4n) is 4.98. The first kappa shape index (κ1) is 17.0. The van der Waals surface area contributed by atoms with Gasteiger partial charge in [0.05, 0.1) is 24.4 Å². The van der Waals surface area contributed by atoms with E-state index in [0.717, 1.165) is 48.9 Å². The van der Waals surface area contributed by atoms with Gasteiger partial charge in [-0.15, -0.1) is 0 Å². The molecule has 140 valence electrons. The molecule has 2 heterocycles. The van der Waals surface area contributed by atoms with Crippen LogP contribution in [0.15, 0.2) is 34.2 Å². The smallest absolute Gasteiger partial charge is 0.321 e. The van der Waals surface area contributed by atoms with Crippen LogP contribution in [0.4, 0.5) is 0 Å². The average Bonchev–Trinajstić information content (AvgIpc) is 3.30. The Kier molecular flexibility index (Phi) is 3.93. The zero-order chi connectivity index (χ0) is 18.6. The lowest BCUT2D eigenvalue weighted by molar-refractivity contribution is -0.142. The number of esters is 1. The number of nitrogens with zero attached hydrogens (tertiary/aromatic N) is 2. The normalized spacial score (nSPS) is 21.6. The number of carbonyl (C=O) groups excluding carboxylic acids is 1. The summed E-state index contributed by atoms with van der Waals surface area (Å²) in [6.45, 7) is 2.51. The van der Waals surface area contributed by atoms with Crippen molar-refractivity contribution in [1.29, 1.82) is 0 Å². The standard InChI is InChI=1S/C21H22N2O3S/c1-2-26-19(25)15-12-23-18(24)16-17(22-20(23)27-15)14-8-4-3-7-13(14)11-21(16)9-5-6-10-21/h3-4,7-8,15H,2,5-6,9-12H2,1H3/t15-/m0/s1. The highest BCUT2D eigenvalue weighted by molar-refractivity contribution is 8.00. The number of benzene rings is 1. The first-order valence-electron chi connectivity index (χ1n) is 9.70. The molecule has 1 spiro atoms. The van der Waals surface area contributed by atoms with Crippen molar-refractivity contribution in [1.82, 2.24) is 9.55 Å². The minimum Gasteiger partial charge on any atom is -0.465 e. The van der Waals surface area contributed by atoms with E-state index in [1.54, 1.807) is 11.5 Å². The van der Waals surface area contributed by atoms with Gasteiger partial charge in [-0.05, 0) is 31.7 Å². The van der Waals surface area contributed by atoms with E-state index >= 15 is 0 Å². The Bertz CT molecular complexity index is 991. The molecule has 0 saturated heterocycles. The van der Waals surface area contributed by atoms with Crippen molar-refractivity contribution < 1.29 is 9.53 Å². The van der Waals surface area contributed by atoms with Crippen LogP contribution in [0.1, 0.15) is 43.7 Å².